The van der Waals surface area contributed by atoms with E-state index in [2.05, 4.69) is 86.7 Å². The molecule has 3 nitrogen and oxygen atoms in total. The van der Waals surface area contributed by atoms with Crippen LogP contribution in [0.5, 0.6) is 5.75 Å². The summed E-state index contributed by atoms with van der Waals surface area (Å²) in [6.45, 7) is 6.83. The number of anilines is 1. The summed E-state index contributed by atoms with van der Waals surface area (Å²) < 4.78 is 5.31. The molecule has 0 aliphatic rings. The number of methoxy groups -OCH3 is 1. The SMILES string of the molecule is COc1ccc([C@H](CC[NH2+]Cc2ccc(N(C)C)cc2)CCC(C)C)cc1. The van der Waals surface area contributed by atoms with Crippen LogP contribution in [0.4, 0.5) is 5.69 Å². The third-order valence-corrected chi connectivity index (χ3v) is 5.23. The maximum absolute atomic E-state index is 5.31. The molecular formula is C24H37N2O+. The largest absolute Gasteiger partial charge is 0.497 e. The van der Waals surface area contributed by atoms with Gasteiger partial charge in [0.1, 0.15) is 12.3 Å². The van der Waals surface area contributed by atoms with E-state index in [1.54, 1.807) is 7.11 Å². The Morgan fingerprint density at radius 2 is 1.56 bits per heavy atom. The number of rotatable bonds is 11. The number of quaternary nitrogens is 1. The highest BCUT2D eigenvalue weighted by Gasteiger charge is 2.13. The van der Waals surface area contributed by atoms with Crippen LogP contribution in [0.25, 0.3) is 0 Å². The molecule has 2 aromatic rings. The summed E-state index contributed by atoms with van der Waals surface area (Å²) in [4.78, 5) is 2.14. The van der Waals surface area contributed by atoms with E-state index in [-0.39, 0.29) is 0 Å². The topological polar surface area (TPSA) is 29.1 Å². The molecule has 148 valence electrons. The third-order valence-electron chi connectivity index (χ3n) is 5.23. The van der Waals surface area contributed by atoms with Crippen LogP contribution in [-0.2, 0) is 6.54 Å². The van der Waals surface area contributed by atoms with Gasteiger partial charge in [-0.05, 0) is 48.1 Å². The lowest BCUT2D eigenvalue weighted by atomic mass is 9.88. The molecule has 0 bridgehead atoms. The number of ether oxygens (including phenoxy) is 1. The molecule has 2 N–H and O–H groups in total. The maximum atomic E-state index is 5.31. The lowest BCUT2D eigenvalue weighted by Gasteiger charge is -2.18. The summed E-state index contributed by atoms with van der Waals surface area (Å²) in [5, 5.41) is 2.44. The first-order chi connectivity index (χ1) is 13.0. The van der Waals surface area contributed by atoms with Gasteiger partial charge in [0.05, 0.1) is 13.7 Å². The molecule has 0 aliphatic carbocycles. The van der Waals surface area contributed by atoms with Gasteiger partial charge in [0.15, 0.2) is 0 Å². The second kappa shape index (κ2) is 11.0. The Bertz CT molecular complexity index is 647. The first-order valence-corrected chi connectivity index (χ1v) is 10.2. The molecule has 0 fully saturated rings. The smallest absolute Gasteiger partial charge is 0.118 e. The minimum Gasteiger partial charge on any atom is -0.497 e. The van der Waals surface area contributed by atoms with Crippen LogP contribution in [-0.4, -0.2) is 27.7 Å². The fraction of sp³-hybridized carbons (Fsp3) is 0.500. The van der Waals surface area contributed by atoms with E-state index in [0.29, 0.717) is 5.92 Å². The van der Waals surface area contributed by atoms with Gasteiger partial charge < -0.3 is 15.0 Å². The van der Waals surface area contributed by atoms with Crippen molar-refractivity contribution in [3.05, 3.63) is 59.7 Å². The third kappa shape index (κ3) is 7.26. The molecule has 2 aromatic carbocycles. The fourth-order valence-electron chi connectivity index (χ4n) is 3.41. The molecule has 0 aliphatic heterocycles. The molecule has 0 heterocycles. The molecule has 27 heavy (non-hydrogen) atoms. The van der Waals surface area contributed by atoms with Gasteiger partial charge in [-0.1, -0.05) is 44.5 Å². The van der Waals surface area contributed by atoms with E-state index in [1.807, 2.05) is 0 Å². The Balaban J connectivity index is 1.86. The van der Waals surface area contributed by atoms with Gasteiger partial charge >= 0.3 is 0 Å². The van der Waals surface area contributed by atoms with E-state index in [1.165, 1.54) is 36.1 Å². The Morgan fingerprint density at radius 3 is 2.11 bits per heavy atom. The predicted molar refractivity (Wildman–Crippen MR) is 116 cm³/mol. The Kier molecular flexibility index (Phi) is 8.66. The maximum Gasteiger partial charge on any atom is 0.118 e. The van der Waals surface area contributed by atoms with Crippen molar-refractivity contribution in [2.75, 3.05) is 32.6 Å². The van der Waals surface area contributed by atoms with Crippen molar-refractivity contribution in [1.82, 2.24) is 0 Å². The Morgan fingerprint density at radius 1 is 0.889 bits per heavy atom. The number of nitrogens with two attached hydrogens (primary N) is 1. The lowest BCUT2D eigenvalue weighted by Crippen LogP contribution is -2.82. The first kappa shape index (κ1) is 21.3. The average molecular weight is 370 g/mol. The molecule has 0 amide bonds. The Hall–Kier alpha value is -2.00. The highest BCUT2D eigenvalue weighted by Crippen LogP contribution is 2.27. The van der Waals surface area contributed by atoms with Crippen LogP contribution in [0.1, 0.15) is 50.2 Å². The van der Waals surface area contributed by atoms with Crippen LogP contribution in [0, 0.1) is 5.92 Å². The predicted octanol–water partition coefficient (Wildman–Crippen LogP) is 4.43. The van der Waals surface area contributed by atoms with Gasteiger partial charge in [0.2, 0.25) is 0 Å². The van der Waals surface area contributed by atoms with Crippen LogP contribution < -0.4 is 15.0 Å². The van der Waals surface area contributed by atoms with E-state index in [4.69, 9.17) is 4.74 Å². The minimum absolute atomic E-state index is 0.630. The Labute approximate surface area is 165 Å². The molecule has 0 unspecified atom stereocenters. The van der Waals surface area contributed by atoms with Gasteiger partial charge in [-0.15, -0.1) is 0 Å². The van der Waals surface area contributed by atoms with Crippen molar-refractivity contribution in [1.29, 1.82) is 0 Å². The summed E-state index contributed by atoms with van der Waals surface area (Å²) >= 11 is 0. The molecule has 0 spiro atoms. The summed E-state index contributed by atoms with van der Waals surface area (Å²) in [7, 11) is 5.89. The van der Waals surface area contributed by atoms with Crippen molar-refractivity contribution in [2.24, 2.45) is 5.92 Å². The quantitative estimate of drug-likeness (QED) is 0.594. The van der Waals surface area contributed by atoms with Crippen LogP contribution in [0.2, 0.25) is 0 Å². The highest BCUT2D eigenvalue weighted by molar-refractivity contribution is 5.45. The normalized spacial score (nSPS) is 12.2. The standard InChI is InChI=1S/C24H36N2O/c1-19(2)6-9-22(21-10-14-24(27-5)15-11-21)16-17-25-18-20-7-12-23(13-8-20)26(3)4/h7-8,10-15,19,22,25H,6,9,16-18H2,1-5H3/p+1/t22-/m0/s1. The molecular weight excluding hydrogens is 332 g/mol. The van der Waals surface area contributed by atoms with Gasteiger partial charge in [-0.25, -0.2) is 0 Å². The highest BCUT2D eigenvalue weighted by atomic mass is 16.5. The first-order valence-electron chi connectivity index (χ1n) is 10.2. The van der Waals surface area contributed by atoms with Crippen LogP contribution in [0.15, 0.2) is 48.5 Å². The molecule has 0 saturated heterocycles. The van der Waals surface area contributed by atoms with Gasteiger partial charge in [0, 0.05) is 31.8 Å². The molecule has 1 atom stereocenters. The fourth-order valence-corrected chi connectivity index (χ4v) is 3.41. The van der Waals surface area contributed by atoms with Crippen molar-refractivity contribution in [3.8, 4) is 5.75 Å². The molecule has 3 heteroatoms. The summed E-state index contributed by atoms with van der Waals surface area (Å²) in [6.07, 6.45) is 3.76. The summed E-state index contributed by atoms with van der Waals surface area (Å²) in [5.74, 6) is 2.32. The zero-order valence-corrected chi connectivity index (χ0v) is 17.7. The minimum atomic E-state index is 0.630. The number of nitrogens with zero attached hydrogens (tertiary/aromatic N) is 1. The zero-order chi connectivity index (χ0) is 19.6. The van der Waals surface area contributed by atoms with E-state index in [0.717, 1.165) is 24.8 Å². The number of hydrogen-bond donors (Lipinski definition) is 1. The zero-order valence-electron chi connectivity index (χ0n) is 17.7. The van der Waals surface area contributed by atoms with Crippen molar-refractivity contribution >= 4 is 5.69 Å². The summed E-state index contributed by atoms with van der Waals surface area (Å²) in [5.41, 5.74) is 4.09. The molecule has 2 rings (SSSR count). The van der Waals surface area contributed by atoms with Gasteiger partial charge in [-0.2, -0.15) is 0 Å². The monoisotopic (exact) mass is 369 g/mol. The second-order valence-corrected chi connectivity index (χ2v) is 8.07. The average Bonchev–Trinajstić information content (AvgIpc) is 2.67. The van der Waals surface area contributed by atoms with Crippen molar-refractivity contribution < 1.29 is 10.1 Å². The van der Waals surface area contributed by atoms with Crippen molar-refractivity contribution in [3.63, 3.8) is 0 Å². The number of hydrogen-bond acceptors (Lipinski definition) is 2. The van der Waals surface area contributed by atoms with Gasteiger partial charge in [0.25, 0.3) is 0 Å². The van der Waals surface area contributed by atoms with E-state index in [9.17, 15) is 0 Å². The van der Waals surface area contributed by atoms with Gasteiger partial charge in [-0.3, -0.25) is 0 Å². The number of benzene rings is 2. The van der Waals surface area contributed by atoms with Crippen molar-refractivity contribution in [2.45, 2.75) is 45.6 Å². The van der Waals surface area contributed by atoms with E-state index >= 15 is 0 Å². The molecule has 0 saturated carbocycles. The van der Waals surface area contributed by atoms with Crippen LogP contribution >= 0.6 is 0 Å². The van der Waals surface area contributed by atoms with E-state index < -0.39 is 0 Å². The van der Waals surface area contributed by atoms with Crippen LogP contribution in [0.3, 0.4) is 0 Å². The molecule has 0 aromatic heterocycles. The summed E-state index contributed by atoms with van der Waals surface area (Å²) in [6, 6.07) is 17.5. The lowest BCUT2D eigenvalue weighted by molar-refractivity contribution is -0.671. The second-order valence-electron chi connectivity index (χ2n) is 8.07. The molecule has 0 radical (unpaired) electrons.